The zero-order valence-corrected chi connectivity index (χ0v) is 13.9. The molecule has 21 heavy (non-hydrogen) atoms. The first-order valence-corrected chi connectivity index (χ1v) is 7.93. The van der Waals surface area contributed by atoms with Crippen LogP contribution >= 0.6 is 11.6 Å². The van der Waals surface area contributed by atoms with Crippen LogP contribution in [0.2, 0.25) is 5.15 Å². The van der Waals surface area contributed by atoms with Gasteiger partial charge in [0.2, 0.25) is 0 Å². The highest BCUT2D eigenvalue weighted by atomic mass is 35.5. The maximum Gasteiger partial charge on any atom is 0.138 e. The molecule has 0 amide bonds. The molecule has 3 heterocycles. The minimum Gasteiger partial charge on any atom is -0.353 e. The molecule has 4 heteroatoms. The predicted octanol–water partition coefficient (Wildman–Crippen LogP) is 4.47. The van der Waals surface area contributed by atoms with E-state index in [1.807, 2.05) is 18.5 Å². The Balaban J connectivity index is 2.14. The van der Waals surface area contributed by atoms with Crippen molar-refractivity contribution >= 4 is 28.2 Å². The van der Waals surface area contributed by atoms with Gasteiger partial charge in [0.25, 0.3) is 0 Å². The van der Waals surface area contributed by atoms with Crippen LogP contribution in [0.3, 0.4) is 0 Å². The van der Waals surface area contributed by atoms with Crippen LogP contribution in [0.5, 0.6) is 0 Å². The first kappa shape index (κ1) is 14.6. The molecule has 0 aliphatic carbocycles. The summed E-state index contributed by atoms with van der Waals surface area (Å²) in [7, 11) is 0. The quantitative estimate of drug-likeness (QED) is 0.766. The summed E-state index contributed by atoms with van der Waals surface area (Å²) in [6.07, 6.45) is 6.10. The second-order valence-corrected chi connectivity index (χ2v) is 7.62. The second kappa shape index (κ2) is 5.13. The van der Waals surface area contributed by atoms with E-state index in [0.29, 0.717) is 11.2 Å². The molecule has 3 rings (SSSR count). The Morgan fingerprint density at radius 2 is 2.00 bits per heavy atom. The molecule has 1 aliphatic rings. The largest absolute Gasteiger partial charge is 0.353 e. The van der Waals surface area contributed by atoms with Gasteiger partial charge in [0.15, 0.2) is 0 Å². The van der Waals surface area contributed by atoms with Gasteiger partial charge < -0.3 is 4.90 Å². The van der Waals surface area contributed by atoms with Crippen molar-refractivity contribution in [3.63, 3.8) is 0 Å². The van der Waals surface area contributed by atoms with E-state index in [9.17, 15) is 0 Å². The Morgan fingerprint density at radius 1 is 1.24 bits per heavy atom. The van der Waals surface area contributed by atoms with Crippen LogP contribution in [0.15, 0.2) is 18.5 Å². The molecule has 112 valence electrons. The molecule has 3 nitrogen and oxygen atoms in total. The lowest BCUT2D eigenvalue weighted by atomic mass is 9.87. The van der Waals surface area contributed by atoms with E-state index in [1.54, 1.807) is 0 Å². The molecule has 1 saturated heterocycles. The lowest BCUT2D eigenvalue weighted by molar-refractivity contribution is 0.412. The predicted molar refractivity (Wildman–Crippen MR) is 89.1 cm³/mol. The van der Waals surface area contributed by atoms with Crippen molar-refractivity contribution in [2.24, 2.45) is 5.41 Å². The van der Waals surface area contributed by atoms with Crippen LogP contribution in [-0.2, 0) is 6.42 Å². The van der Waals surface area contributed by atoms with Crippen molar-refractivity contribution in [1.29, 1.82) is 0 Å². The van der Waals surface area contributed by atoms with E-state index >= 15 is 0 Å². The summed E-state index contributed by atoms with van der Waals surface area (Å²) in [6.45, 7) is 10.0. The van der Waals surface area contributed by atoms with Gasteiger partial charge in [0.1, 0.15) is 11.0 Å². The third-order valence-corrected chi connectivity index (χ3v) is 4.32. The fraction of sp³-hybridized carbons (Fsp3) is 0.529. The van der Waals surface area contributed by atoms with E-state index in [0.717, 1.165) is 24.2 Å². The third kappa shape index (κ3) is 2.84. The Morgan fingerprint density at radius 3 is 2.57 bits per heavy atom. The number of hydrogen-bond donors (Lipinski definition) is 0. The summed E-state index contributed by atoms with van der Waals surface area (Å²) in [6, 6.07) is 2.54. The number of fused-ring (bicyclic) bond motifs is 1. The van der Waals surface area contributed by atoms with Crippen molar-refractivity contribution in [3.05, 3.63) is 29.2 Å². The van der Waals surface area contributed by atoms with Gasteiger partial charge in [-0.2, -0.15) is 0 Å². The molecular weight excluding hydrogens is 282 g/mol. The smallest absolute Gasteiger partial charge is 0.138 e. The van der Waals surface area contributed by atoms with Crippen molar-refractivity contribution in [1.82, 2.24) is 9.97 Å². The molecule has 1 fully saturated rings. The fourth-order valence-electron chi connectivity index (χ4n) is 2.92. The van der Waals surface area contributed by atoms with E-state index in [2.05, 4.69) is 37.6 Å². The molecule has 0 bridgehead atoms. The minimum absolute atomic E-state index is 0.218. The molecule has 1 aliphatic heterocycles. The fourth-order valence-corrected chi connectivity index (χ4v) is 3.08. The first-order valence-electron chi connectivity index (χ1n) is 7.55. The Labute approximate surface area is 131 Å². The molecule has 0 radical (unpaired) electrons. The zero-order chi connectivity index (χ0) is 15.2. The standard InChI is InChI=1S/C17H22ClN3/c1-11-5-6-21(11)16-14-10-19-15(18)7-13(14)12(9-20-16)8-17(2,3)4/h7,9-11H,5-6,8H2,1-4H3. The summed E-state index contributed by atoms with van der Waals surface area (Å²) in [4.78, 5) is 11.4. The van der Waals surface area contributed by atoms with Gasteiger partial charge in [-0.05, 0) is 42.2 Å². The van der Waals surface area contributed by atoms with Crippen molar-refractivity contribution in [2.45, 2.75) is 46.6 Å². The van der Waals surface area contributed by atoms with Gasteiger partial charge in [-0.25, -0.2) is 9.97 Å². The van der Waals surface area contributed by atoms with Crippen LogP contribution in [0, 0.1) is 5.41 Å². The molecular formula is C17H22ClN3. The molecule has 0 aromatic carbocycles. The lowest BCUT2D eigenvalue weighted by Gasteiger charge is -2.40. The van der Waals surface area contributed by atoms with Crippen molar-refractivity contribution in [3.8, 4) is 0 Å². The summed E-state index contributed by atoms with van der Waals surface area (Å²) in [5.74, 6) is 1.05. The van der Waals surface area contributed by atoms with Gasteiger partial charge in [0.05, 0.1) is 0 Å². The lowest BCUT2D eigenvalue weighted by Crippen LogP contribution is -2.46. The molecule has 2 aromatic heterocycles. The first-order chi connectivity index (χ1) is 9.85. The zero-order valence-electron chi connectivity index (χ0n) is 13.2. The monoisotopic (exact) mass is 303 g/mol. The number of rotatable bonds is 2. The highest BCUT2D eigenvalue weighted by molar-refractivity contribution is 6.30. The topological polar surface area (TPSA) is 29.0 Å². The van der Waals surface area contributed by atoms with Gasteiger partial charge in [-0.1, -0.05) is 32.4 Å². The van der Waals surface area contributed by atoms with Crippen molar-refractivity contribution < 1.29 is 0 Å². The number of anilines is 1. The molecule has 0 N–H and O–H groups in total. The molecule has 1 atom stereocenters. The Bertz CT molecular complexity index is 676. The third-order valence-electron chi connectivity index (χ3n) is 4.11. The number of halogens is 1. The SMILES string of the molecule is CC1CCN1c1ncc(CC(C)(C)C)c2cc(Cl)ncc12. The highest BCUT2D eigenvalue weighted by Crippen LogP contribution is 2.35. The van der Waals surface area contributed by atoms with Gasteiger partial charge >= 0.3 is 0 Å². The number of hydrogen-bond acceptors (Lipinski definition) is 3. The van der Waals surface area contributed by atoms with Gasteiger partial charge in [-0.3, -0.25) is 0 Å². The van der Waals surface area contributed by atoms with Crippen LogP contribution in [-0.4, -0.2) is 22.6 Å². The number of pyridine rings is 2. The Hall–Kier alpha value is -1.35. The van der Waals surface area contributed by atoms with E-state index in [-0.39, 0.29) is 5.41 Å². The van der Waals surface area contributed by atoms with E-state index in [4.69, 9.17) is 16.6 Å². The van der Waals surface area contributed by atoms with Crippen LogP contribution in [0.4, 0.5) is 5.82 Å². The normalized spacial score (nSPS) is 18.9. The summed E-state index contributed by atoms with van der Waals surface area (Å²) >= 11 is 6.13. The van der Waals surface area contributed by atoms with E-state index < -0.39 is 0 Å². The average Bonchev–Trinajstić information content (AvgIpc) is 2.38. The summed E-state index contributed by atoms with van der Waals surface area (Å²) < 4.78 is 0. The van der Waals surface area contributed by atoms with Gasteiger partial charge in [0, 0.05) is 30.4 Å². The van der Waals surface area contributed by atoms with Gasteiger partial charge in [-0.15, -0.1) is 0 Å². The van der Waals surface area contributed by atoms with Crippen LogP contribution in [0.1, 0.15) is 39.7 Å². The molecule has 2 aromatic rings. The maximum absolute atomic E-state index is 6.13. The molecule has 0 saturated carbocycles. The van der Waals surface area contributed by atoms with E-state index in [1.165, 1.54) is 17.4 Å². The second-order valence-electron chi connectivity index (χ2n) is 7.23. The van der Waals surface area contributed by atoms with Crippen LogP contribution < -0.4 is 4.90 Å². The summed E-state index contributed by atoms with van der Waals surface area (Å²) in [5.41, 5.74) is 1.47. The minimum atomic E-state index is 0.218. The average molecular weight is 304 g/mol. The van der Waals surface area contributed by atoms with Crippen molar-refractivity contribution in [2.75, 3.05) is 11.4 Å². The van der Waals surface area contributed by atoms with Crippen LogP contribution in [0.25, 0.3) is 10.8 Å². The molecule has 0 spiro atoms. The Kier molecular flexibility index (Phi) is 3.56. The highest BCUT2D eigenvalue weighted by Gasteiger charge is 2.27. The number of aromatic nitrogens is 2. The molecule has 1 unspecified atom stereocenters. The number of nitrogens with zero attached hydrogens (tertiary/aromatic N) is 3. The maximum atomic E-state index is 6.13. The summed E-state index contributed by atoms with van der Waals surface area (Å²) in [5, 5.41) is 2.85.